The molecule has 0 aromatic heterocycles. The van der Waals surface area contributed by atoms with Gasteiger partial charge < -0.3 is 20.3 Å². The van der Waals surface area contributed by atoms with Gasteiger partial charge in [-0.1, -0.05) is 0 Å². The minimum atomic E-state index is 0.174. The third-order valence-corrected chi connectivity index (χ3v) is 3.16. The number of amides is 1. The number of nitrogens with zero attached hydrogens (tertiary/aromatic N) is 2. The monoisotopic (exact) mass is 243 g/mol. The summed E-state index contributed by atoms with van der Waals surface area (Å²) in [7, 11) is 2.07. The first-order valence-electron chi connectivity index (χ1n) is 6.44. The largest absolute Gasteiger partial charge is 0.382 e. The maximum absolute atomic E-state index is 12.0. The zero-order chi connectivity index (χ0) is 12.7. The molecule has 17 heavy (non-hydrogen) atoms. The van der Waals surface area contributed by atoms with E-state index >= 15 is 0 Å². The smallest absolute Gasteiger partial charge is 0.223 e. The molecule has 1 aliphatic rings. The summed E-state index contributed by atoms with van der Waals surface area (Å²) in [6.45, 7) is 6.51. The second kappa shape index (κ2) is 7.63. The van der Waals surface area contributed by atoms with Crippen LogP contribution >= 0.6 is 0 Å². The zero-order valence-corrected chi connectivity index (χ0v) is 11.0. The van der Waals surface area contributed by atoms with Gasteiger partial charge in [0.25, 0.3) is 0 Å². The van der Waals surface area contributed by atoms with Crippen molar-refractivity contribution >= 4 is 5.91 Å². The van der Waals surface area contributed by atoms with E-state index in [4.69, 9.17) is 10.5 Å². The molecule has 1 unspecified atom stereocenters. The summed E-state index contributed by atoms with van der Waals surface area (Å²) in [6.07, 6.45) is 1.37. The van der Waals surface area contributed by atoms with Gasteiger partial charge >= 0.3 is 0 Å². The summed E-state index contributed by atoms with van der Waals surface area (Å²) < 4.78 is 5.24. The maximum Gasteiger partial charge on any atom is 0.223 e. The molecule has 5 nitrogen and oxygen atoms in total. The van der Waals surface area contributed by atoms with Gasteiger partial charge in [0.15, 0.2) is 0 Å². The van der Waals surface area contributed by atoms with E-state index < -0.39 is 0 Å². The van der Waals surface area contributed by atoms with Crippen molar-refractivity contribution in [1.82, 2.24) is 9.80 Å². The highest BCUT2D eigenvalue weighted by Crippen LogP contribution is 2.10. The minimum Gasteiger partial charge on any atom is -0.382 e. The molecule has 100 valence electrons. The van der Waals surface area contributed by atoms with Gasteiger partial charge in [0.2, 0.25) is 5.91 Å². The Morgan fingerprint density at radius 3 is 2.88 bits per heavy atom. The summed E-state index contributed by atoms with van der Waals surface area (Å²) in [4.78, 5) is 16.2. The fourth-order valence-electron chi connectivity index (χ4n) is 2.15. The molecule has 1 amide bonds. The molecule has 1 heterocycles. The van der Waals surface area contributed by atoms with Gasteiger partial charge in [0, 0.05) is 45.8 Å². The average Bonchev–Trinajstić information content (AvgIpc) is 2.34. The molecule has 0 aliphatic carbocycles. The van der Waals surface area contributed by atoms with E-state index in [2.05, 4.69) is 11.9 Å². The third-order valence-electron chi connectivity index (χ3n) is 3.16. The van der Waals surface area contributed by atoms with Crippen LogP contribution in [0.1, 0.15) is 19.8 Å². The van der Waals surface area contributed by atoms with Gasteiger partial charge in [0.1, 0.15) is 0 Å². The summed E-state index contributed by atoms with van der Waals surface area (Å²) in [5.74, 6) is 0.216. The molecule has 0 bridgehead atoms. The molecule has 5 heteroatoms. The normalized spacial score (nSPS) is 21.8. The van der Waals surface area contributed by atoms with Crippen LogP contribution in [0, 0.1) is 0 Å². The Hall–Kier alpha value is -0.650. The van der Waals surface area contributed by atoms with Crippen LogP contribution in [0.5, 0.6) is 0 Å². The van der Waals surface area contributed by atoms with Crippen molar-refractivity contribution in [3.05, 3.63) is 0 Å². The molecule has 0 aromatic carbocycles. The quantitative estimate of drug-likeness (QED) is 0.662. The van der Waals surface area contributed by atoms with E-state index in [0.29, 0.717) is 26.2 Å². The predicted molar refractivity (Wildman–Crippen MR) is 67.8 cm³/mol. The Morgan fingerprint density at radius 1 is 1.47 bits per heavy atom. The van der Waals surface area contributed by atoms with Gasteiger partial charge in [-0.2, -0.15) is 0 Å². The van der Waals surface area contributed by atoms with Gasteiger partial charge in [0.05, 0.1) is 6.04 Å². The van der Waals surface area contributed by atoms with Crippen LogP contribution in [-0.2, 0) is 9.53 Å². The fourth-order valence-corrected chi connectivity index (χ4v) is 2.15. The van der Waals surface area contributed by atoms with Crippen molar-refractivity contribution in [2.75, 3.05) is 46.4 Å². The summed E-state index contributed by atoms with van der Waals surface area (Å²) in [5.41, 5.74) is 5.72. The van der Waals surface area contributed by atoms with Crippen LogP contribution in [0.25, 0.3) is 0 Å². The van der Waals surface area contributed by atoms with Crippen LogP contribution < -0.4 is 5.73 Å². The molecule has 1 fully saturated rings. The molecule has 1 saturated heterocycles. The highest BCUT2D eigenvalue weighted by Gasteiger charge is 2.27. The highest BCUT2D eigenvalue weighted by molar-refractivity contribution is 5.76. The number of ether oxygens (including phenoxy) is 1. The molecule has 1 rings (SSSR count). The average molecular weight is 243 g/mol. The van der Waals surface area contributed by atoms with Crippen molar-refractivity contribution in [3.8, 4) is 0 Å². The topological polar surface area (TPSA) is 58.8 Å². The van der Waals surface area contributed by atoms with Gasteiger partial charge in [-0.25, -0.2) is 0 Å². The third kappa shape index (κ3) is 4.61. The van der Waals surface area contributed by atoms with E-state index in [1.54, 1.807) is 0 Å². The number of carbonyl (C=O) groups is 1. The molecular weight excluding hydrogens is 218 g/mol. The van der Waals surface area contributed by atoms with Crippen molar-refractivity contribution in [2.45, 2.75) is 25.8 Å². The van der Waals surface area contributed by atoms with Gasteiger partial charge in [-0.15, -0.1) is 0 Å². The van der Waals surface area contributed by atoms with Crippen LogP contribution in [0.15, 0.2) is 0 Å². The van der Waals surface area contributed by atoms with E-state index in [1.165, 1.54) is 0 Å². The molecular formula is C12H25N3O2. The van der Waals surface area contributed by atoms with E-state index in [-0.39, 0.29) is 11.9 Å². The summed E-state index contributed by atoms with van der Waals surface area (Å²) in [6, 6.07) is 0.174. The van der Waals surface area contributed by atoms with Crippen LogP contribution in [-0.4, -0.2) is 68.2 Å². The van der Waals surface area contributed by atoms with Crippen LogP contribution in [0.2, 0.25) is 0 Å². The Bertz CT molecular complexity index is 236. The van der Waals surface area contributed by atoms with Gasteiger partial charge in [-0.3, -0.25) is 4.79 Å². The number of hydrogen-bond donors (Lipinski definition) is 1. The van der Waals surface area contributed by atoms with Crippen LogP contribution in [0.4, 0.5) is 0 Å². The molecule has 1 atom stereocenters. The lowest BCUT2D eigenvalue weighted by atomic mass is 10.1. The Labute approximate surface area is 104 Å². The fraction of sp³-hybridized carbons (Fsp3) is 0.917. The number of likely N-dealkylation sites (N-methyl/N-ethyl adjacent to an activating group) is 1. The molecule has 0 aromatic rings. The lowest BCUT2D eigenvalue weighted by Gasteiger charge is -2.39. The maximum atomic E-state index is 12.0. The minimum absolute atomic E-state index is 0.174. The first-order valence-corrected chi connectivity index (χ1v) is 6.44. The number of piperazine rings is 1. The standard InChI is InChI=1S/C12H25N3O2/c1-3-17-8-4-5-12(16)15-7-6-14(2)10-11(15)9-13/h11H,3-10,13H2,1-2H3. The van der Waals surface area contributed by atoms with Crippen molar-refractivity contribution in [1.29, 1.82) is 0 Å². The lowest BCUT2D eigenvalue weighted by Crippen LogP contribution is -2.56. The number of carbonyl (C=O) groups excluding carboxylic acids is 1. The molecule has 0 radical (unpaired) electrons. The second-order valence-corrected chi connectivity index (χ2v) is 4.54. The Morgan fingerprint density at radius 2 is 2.24 bits per heavy atom. The first-order chi connectivity index (χ1) is 8.19. The number of hydrogen-bond acceptors (Lipinski definition) is 4. The van der Waals surface area contributed by atoms with Crippen molar-refractivity contribution in [2.24, 2.45) is 5.73 Å². The summed E-state index contributed by atoms with van der Waals surface area (Å²) >= 11 is 0. The summed E-state index contributed by atoms with van der Waals surface area (Å²) in [5, 5.41) is 0. The van der Waals surface area contributed by atoms with Crippen LogP contribution in [0.3, 0.4) is 0 Å². The number of rotatable bonds is 6. The predicted octanol–water partition coefficient (Wildman–Crippen LogP) is -0.0956. The number of nitrogens with two attached hydrogens (primary N) is 1. The van der Waals surface area contributed by atoms with Gasteiger partial charge in [-0.05, 0) is 20.4 Å². The van der Waals surface area contributed by atoms with E-state index in [9.17, 15) is 4.79 Å². The zero-order valence-electron chi connectivity index (χ0n) is 11.0. The lowest BCUT2D eigenvalue weighted by molar-refractivity contribution is -0.136. The Balaban J connectivity index is 2.33. The van der Waals surface area contributed by atoms with E-state index in [0.717, 1.165) is 26.1 Å². The molecule has 2 N–H and O–H groups in total. The van der Waals surface area contributed by atoms with E-state index in [1.807, 2.05) is 11.8 Å². The SMILES string of the molecule is CCOCCCC(=O)N1CCN(C)CC1CN. The molecule has 1 aliphatic heterocycles. The first kappa shape index (κ1) is 14.4. The van der Waals surface area contributed by atoms with Crippen molar-refractivity contribution in [3.63, 3.8) is 0 Å². The highest BCUT2D eigenvalue weighted by atomic mass is 16.5. The second-order valence-electron chi connectivity index (χ2n) is 4.54. The Kier molecular flexibility index (Phi) is 6.47. The molecule has 0 saturated carbocycles. The van der Waals surface area contributed by atoms with Crippen molar-refractivity contribution < 1.29 is 9.53 Å². The molecule has 0 spiro atoms.